The van der Waals surface area contributed by atoms with Crippen LogP contribution in [-0.4, -0.2) is 86.0 Å². The number of benzene rings is 6. The second-order valence-corrected chi connectivity index (χ2v) is 22.2. The third-order valence-corrected chi connectivity index (χ3v) is 15.0. The van der Waals surface area contributed by atoms with E-state index in [1.807, 2.05) is 72.8 Å². The number of nitrogens with zero attached hydrogens (tertiary/aromatic N) is 1. The van der Waals surface area contributed by atoms with Gasteiger partial charge in [-0.05, 0) is 162 Å². The number of alkyl halides is 3. The van der Waals surface area contributed by atoms with Crippen LogP contribution in [0.2, 0.25) is 20.1 Å². The number of ketones is 3. The van der Waals surface area contributed by atoms with Gasteiger partial charge in [0.25, 0.3) is 11.7 Å². The molecular weight excluding hydrogens is 1360 g/mol. The summed E-state index contributed by atoms with van der Waals surface area (Å²) in [4.78, 5) is 70.6. The molecule has 1 fully saturated rings. The van der Waals surface area contributed by atoms with Gasteiger partial charge in [-0.25, -0.2) is 9.78 Å². The molecule has 0 bridgehead atoms. The van der Waals surface area contributed by atoms with E-state index in [0.29, 0.717) is 56.5 Å². The number of hydrogen-bond donors (Lipinski definition) is 3. The largest absolute Gasteiger partial charge is 1.00 e. The molecule has 0 spiro atoms. The van der Waals surface area contributed by atoms with E-state index in [1.54, 1.807) is 48.5 Å². The Balaban J connectivity index is 0.000000368. The Morgan fingerprint density at radius 1 is 0.609 bits per heavy atom. The molecule has 7 aromatic rings. The van der Waals surface area contributed by atoms with Crippen LogP contribution in [0.25, 0.3) is 10.9 Å². The van der Waals surface area contributed by atoms with E-state index in [9.17, 15) is 39.0 Å². The summed E-state index contributed by atoms with van der Waals surface area (Å²) >= 11 is 44.2. The van der Waals surface area contributed by atoms with Gasteiger partial charge in [0.1, 0.15) is 5.56 Å². The first-order chi connectivity index (χ1) is 40.8. The molecule has 0 radical (unpaired) electrons. The van der Waals surface area contributed by atoms with Crippen molar-refractivity contribution in [3.8, 4) is 5.75 Å². The topological polar surface area (TPSA) is 207 Å². The number of amides is 1. The Hall–Kier alpha value is -3.83. The van der Waals surface area contributed by atoms with E-state index < -0.39 is 22.9 Å². The number of fused-ring (bicyclic) bond motifs is 6. The van der Waals surface area contributed by atoms with Crippen LogP contribution in [0.15, 0.2) is 121 Å². The third-order valence-electron chi connectivity index (χ3n) is 12.9. The van der Waals surface area contributed by atoms with E-state index in [0.717, 1.165) is 114 Å². The van der Waals surface area contributed by atoms with Crippen molar-refractivity contribution >= 4 is 154 Å². The molecule has 87 heavy (non-hydrogen) atoms. The molecule has 11 rings (SSSR count). The molecule has 1 aromatic heterocycles. The minimum atomic E-state index is -1.14. The van der Waals surface area contributed by atoms with E-state index in [1.165, 1.54) is 36.0 Å². The van der Waals surface area contributed by atoms with Crippen LogP contribution < -0.4 is 34.9 Å². The SMILES string of the molecule is C1CCOC1.O=C(CCl)Cc1cccc(Cl)c1.O=C(CCl)Cc1cccc(Cl)c1.O=C(Cl)CCl.O=C(O)c1c(O)c(Cc2cccc(Cl)c2)nc2c3c(ccc12)CCCC3.O=C1Nc2c(ccc3c2CCCC3)C1=O.[CH2-]c1cccc(Cl)c1.[Cl][Zn+].[Na+].[OH-]. The zero-order chi connectivity index (χ0) is 62.4. The van der Waals surface area contributed by atoms with Crippen molar-refractivity contribution in [1.29, 1.82) is 0 Å². The number of aryl methyl sites for hydroxylation is 3. The first-order valence-electron chi connectivity index (χ1n) is 26.8. The summed E-state index contributed by atoms with van der Waals surface area (Å²) < 4.78 is 4.94. The fraction of sp³-hybridized carbons (Fsp3) is 0.281. The number of carboxylic acid groups (broad SMARTS) is 1. The Morgan fingerprint density at radius 2 is 1.06 bits per heavy atom. The van der Waals surface area contributed by atoms with Gasteiger partial charge in [0.15, 0.2) is 17.3 Å². The summed E-state index contributed by atoms with van der Waals surface area (Å²) in [6.07, 6.45) is 12.1. The molecule has 1 saturated heterocycles. The molecule has 2 aliphatic heterocycles. The number of anilines is 1. The standard InChI is InChI=1S/C21H18ClNO3.C12H11NO2.2C9H8Cl2O.C7H6Cl.C4H8O.C2H2Cl2O.ClH.Na.H2O.Zn/c22-14-6-3-4-12(10-14)11-17-20(24)18(21(25)26)16-9-8-13-5-1-2-7-15(13)19(16)23-17;14-11-9-6-5-7-3-1-2-4-8(7)10(9)13-12(11)15;2*10-6-9(12)5-7-2-1-3-8(11)4-7;1-6-3-2-4-7(8)5-6;1-2-4-5-3-1;3-1-2(4)5;;;;/h3-4,6,8-10,24H,1-2,5,7,11H2,(H,25,26);5-6H,1-4H2,(H,13,14,15);2*1-4H,5-6H2;2-5H,1H2;1-4H2;1H2;1H;;1H2;/q;;;;-1;;;;+1;;+2/p-2. The van der Waals surface area contributed by atoms with Gasteiger partial charge in [-0.2, -0.15) is 18.6 Å². The maximum absolute atomic E-state index is 11.9. The number of nitrogens with one attached hydrogen (secondary N) is 1. The number of Topliss-reactive ketones (excluding diaryl/α,β-unsaturated/α-hetero) is 3. The van der Waals surface area contributed by atoms with Crippen LogP contribution in [0.4, 0.5) is 5.69 Å². The number of carbonyl (C=O) groups is 6. The molecule has 23 heteroatoms. The minimum absolute atomic E-state index is 0. The molecule has 2 aliphatic carbocycles. The van der Waals surface area contributed by atoms with Crippen molar-refractivity contribution in [3.05, 3.63) is 210 Å². The minimum Gasteiger partial charge on any atom is -0.870 e. The van der Waals surface area contributed by atoms with Crippen LogP contribution in [-0.2, 0) is 86.2 Å². The number of aromatic carboxylic acids is 1. The first-order valence-corrected chi connectivity index (χ1v) is 34.2. The number of halogens is 9. The number of ether oxygens (including phenoxy) is 1. The van der Waals surface area contributed by atoms with Crippen LogP contribution in [0.1, 0.15) is 109 Å². The fourth-order valence-electron chi connectivity index (χ4n) is 9.12. The Bertz CT molecular complexity index is 3330. The van der Waals surface area contributed by atoms with Crippen molar-refractivity contribution in [2.45, 2.75) is 83.5 Å². The van der Waals surface area contributed by atoms with E-state index >= 15 is 0 Å². The third kappa shape index (κ3) is 27.3. The molecule has 0 atom stereocenters. The quantitative estimate of drug-likeness (QED) is 0.0386. The summed E-state index contributed by atoms with van der Waals surface area (Å²) in [5.74, 6) is -2.22. The van der Waals surface area contributed by atoms with Gasteiger partial charge in [-0.15, -0.1) is 46.9 Å². The zero-order valence-electron chi connectivity index (χ0n) is 47.7. The normalized spacial score (nSPS) is 12.7. The number of aromatic hydroxyl groups is 1. The molecule has 3 heterocycles. The molecule has 4 aliphatic rings. The molecule has 1 amide bonds. The van der Waals surface area contributed by atoms with Crippen molar-refractivity contribution < 1.29 is 96.1 Å². The Morgan fingerprint density at radius 3 is 1.49 bits per heavy atom. The maximum atomic E-state index is 11.9. The fourth-order valence-corrected chi connectivity index (χ4v) is 10.2. The first kappa shape index (κ1) is 79.3. The van der Waals surface area contributed by atoms with E-state index in [4.69, 9.17) is 112 Å². The molecule has 454 valence electrons. The van der Waals surface area contributed by atoms with Gasteiger partial charge < -0.3 is 25.7 Å². The zero-order valence-corrected chi connectivity index (χ0v) is 59.5. The van der Waals surface area contributed by atoms with Gasteiger partial charge in [-0.1, -0.05) is 107 Å². The molecular formula is C64H62Cl9N2NaO10Zn. The Labute approximate surface area is 583 Å². The van der Waals surface area contributed by atoms with Crippen molar-refractivity contribution in [3.63, 3.8) is 0 Å². The van der Waals surface area contributed by atoms with Crippen LogP contribution in [0.3, 0.4) is 0 Å². The average Bonchev–Trinajstić information content (AvgIpc) is 1.53. The van der Waals surface area contributed by atoms with Gasteiger partial charge >= 0.3 is 62.5 Å². The van der Waals surface area contributed by atoms with Crippen LogP contribution >= 0.6 is 102 Å². The monoisotopic (exact) mass is 1420 g/mol. The smallest absolute Gasteiger partial charge is 0.870 e. The summed E-state index contributed by atoms with van der Waals surface area (Å²) in [5.41, 5.74) is 10.8. The van der Waals surface area contributed by atoms with Crippen LogP contribution in [0, 0.1) is 6.92 Å². The van der Waals surface area contributed by atoms with Gasteiger partial charge in [0.05, 0.1) is 40.1 Å². The van der Waals surface area contributed by atoms with Crippen molar-refractivity contribution in [1.82, 2.24) is 4.98 Å². The second-order valence-electron chi connectivity index (χ2n) is 19.2. The van der Waals surface area contributed by atoms with E-state index in [-0.39, 0.29) is 75.6 Å². The molecule has 0 saturated carbocycles. The van der Waals surface area contributed by atoms with Gasteiger partial charge in [0.2, 0.25) is 5.24 Å². The van der Waals surface area contributed by atoms with E-state index in [2.05, 4.69) is 12.2 Å². The summed E-state index contributed by atoms with van der Waals surface area (Å²) in [7, 11) is 4.76. The van der Waals surface area contributed by atoms with Crippen LogP contribution in [0.5, 0.6) is 5.75 Å². The predicted octanol–water partition coefficient (Wildman–Crippen LogP) is 13.7. The average molecular weight is 1430 g/mol. The number of hydrogen-bond acceptors (Lipinski definition) is 10. The second kappa shape index (κ2) is 43.0. The maximum Gasteiger partial charge on any atom is 1.00 e. The number of rotatable bonds is 10. The van der Waals surface area contributed by atoms with Crippen molar-refractivity contribution in [2.75, 3.05) is 36.2 Å². The summed E-state index contributed by atoms with van der Waals surface area (Å²) in [6.45, 7) is 5.70. The molecule has 12 nitrogen and oxygen atoms in total. The van der Waals surface area contributed by atoms with Crippen molar-refractivity contribution in [2.24, 2.45) is 0 Å². The molecule has 4 N–H and O–H groups in total. The molecule has 0 unspecified atom stereocenters. The predicted molar refractivity (Wildman–Crippen MR) is 344 cm³/mol. The number of pyridine rings is 1. The van der Waals surface area contributed by atoms with Gasteiger partial charge in [0, 0.05) is 52.9 Å². The summed E-state index contributed by atoms with van der Waals surface area (Å²) in [6, 6.07) is 36.7. The number of carboxylic acids is 1. The molecule has 6 aromatic carbocycles. The Kier molecular flexibility index (Phi) is 39.2. The number of carbonyl (C=O) groups excluding carboxylic acids is 5. The van der Waals surface area contributed by atoms with Gasteiger partial charge in [-0.3, -0.25) is 24.0 Å². The number of aromatic nitrogens is 1. The summed E-state index contributed by atoms with van der Waals surface area (Å²) in [5, 5.41) is 25.6.